The molecule has 0 saturated carbocycles. The molecule has 0 aromatic carbocycles. The number of aromatic nitrogens is 1. The van der Waals surface area contributed by atoms with E-state index in [4.69, 9.17) is 17.3 Å². The number of pyridine rings is 1. The predicted molar refractivity (Wildman–Crippen MR) is 94.7 cm³/mol. The second-order valence-corrected chi connectivity index (χ2v) is 6.14. The molecule has 3 N–H and O–H groups in total. The first-order chi connectivity index (χ1) is 11.7. The van der Waals surface area contributed by atoms with Crippen LogP contribution in [0.5, 0.6) is 0 Å². The summed E-state index contributed by atoms with van der Waals surface area (Å²) in [6, 6.07) is 1.43. The fraction of sp³-hybridized carbons (Fsp3) is 0.533. The number of anilines is 1. The van der Waals surface area contributed by atoms with Gasteiger partial charge in [-0.15, -0.1) is 0 Å². The molecule has 1 saturated heterocycles. The van der Waals surface area contributed by atoms with Gasteiger partial charge in [0.15, 0.2) is 5.11 Å². The van der Waals surface area contributed by atoms with Crippen molar-refractivity contribution in [3.05, 3.63) is 23.8 Å². The molecule has 0 bridgehead atoms. The van der Waals surface area contributed by atoms with Crippen LogP contribution >= 0.6 is 12.2 Å². The molecule has 9 heteroatoms. The van der Waals surface area contributed by atoms with Crippen molar-refractivity contribution in [2.75, 3.05) is 51.2 Å². The fourth-order valence-electron chi connectivity index (χ4n) is 2.85. The maximum absolute atomic E-state index is 13.3. The number of hydrazone groups is 1. The fourth-order valence-corrected chi connectivity index (χ4v) is 3.08. The maximum atomic E-state index is 13.3. The minimum Gasteiger partial charge on any atom is -0.395 e. The average Bonchev–Trinajstić information content (AvgIpc) is 2.60. The van der Waals surface area contributed by atoms with Gasteiger partial charge in [-0.1, -0.05) is 0 Å². The van der Waals surface area contributed by atoms with Crippen LogP contribution in [0.1, 0.15) is 12.1 Å². The van der Waals surface area contributed by atoms with Crippen LogP contribution in [-0.4, -0.2) is 76.6 Å². The Morgan fingerprint density at radius 2 is 2.21 bits per heavy atom. The Balaban J connectivity index is 1.60. The normalized spacial score (nSPS) is 19.8. The van der Waals surface area contributed by atoms with Gasteiger partial charge < -0.3 is 15.3 Å². The van der Waals surface area contributed by atoms with Gasteiger partial charge in [0, 0.05) is 51.8 Å². The molecule has 2 aliphatic rings. The first-order valence-electron chi connectivity index (χ1n) is 8.02. The number of thiocarbonyl (C=S) groups is 1. The van der Waals surface area contributed by atoms with Crippen LogP contribution in [0.2, 0.25) is 0 Å². The molecule has 3 heterocycles. The van der Waals surface area contributed by atoms with E-state index in [0.29, 0.717) is 36.0 Å². The predicted octanol–water partition coefficient (Wildman–Crippen LogP) is 0.225. The Bertz CT molecular complexity index is 632. The Morgan fingerprint density at radius 1 is 1.42 bits per heavy atom. The van der Waals surface area contributed by atoms with Gasteiger partial charge in [0.05, 0.1) is 24.2 Å². The SMILES string of the molecule is OCCN1CCN(C(=S)N/N=C2/CCNc3cc(F)cnc32)CC1. The van der Waals surface area contributed by atoms with Crippen molar-refractivity contribution in [1.82, 2.24) is 20.2 Å². The second-order valence-electron chi connectivity index (χ2n) is 5.75. The van der Waals surface area contributed by atoms with E-state index in [1.807, 2.05) is 0 Å². The highest BCUT2D eigenvalue weighted by Crippen LogP contribution is 2.20. The number of aliphatic hydroxyl groups is 1. The summed E-state index contributed by atoms with van der Waals surface area (Å²) in [7, 11) is 0. The smallest absolute Gasteiger partial charge is 0.189 e. The lowest BCUT2D eigenvalue weighted by Gasteiger charge is -2.35. The summed E-state index contributed by atoms with van der Waals surface area (Å²) in [6.45, 7) is 4.90. The number of hydrogen-bond donors (Lipinski definition) is 3. The largest absolute Gasteiger partial charge is 0.395 e. The average molecular weight is 352 g/mol. The number of rotatable bonds is 3. The molecule has 24 heavy (non-hydrogen) atoms. The summed E-state index contributed by atoms with van der Waals surface area (Å²) in [6.07, 6.45) is 1.89. The van der Waals surface area contributed by atoms with E-state index in [2.05, 4.69) is 30.6 Å². The topological polar surface area (TPSA) is 76.0 Å². The van der Waals surface area contributed by atoms with Crippen molar-refractivity contribution < 1.29 is 9.50 Å². The zero-order chi connectivity index (χ0) is 16.9. The van der Waals surface area contributed by atoms with Crippen LogP contribution in [0.3, 0.4) is 0 Å². The minimum atomic E-state index is -0.369. The summed E-state index contributed by atoms with van der Waals surface area (Å²) in [5.41, 5.74) is 5.02. The third-order valence-electron chi connectivity index (χ3n) is 4.17. The van der Waals surface area contributed by atoms with Crippen LogP contribution in [0.25, 0.3) is 0 Å². The minimum absolute atomic E-state index is 0.178. The maximum Gasteiger partial charge on any atom is 0.189 e. The van der Waals surface area contributed by atoms with E-state index in [9.17, 15) is 4.39 Å². The van der Waals surface area contributed by atoms with E-state index in [0.717, 1.165) is 31.9 Å². The quantitative estimate of drug-likeness (QED) is 0.531. The monoisotopic (exact) mass is 352 g/mol. The Hall–Kier alpha value is -1.84. The number of aliphatic hydroxyl groups excluding tert-OH is 1. The molecule has 3 rings (SSSR count). The highest BCUT2D eigenvalue weighted by atomic mass is 32.1. The van der Waals surface area contributed by atoms with E-state index >= 15 is 0 Å². The summed E-state index contributed by atoms with van der Waals surface area (Å²) in [5.74, 6) is -0.369. The van der Waals surface area contributed by atoms with Crippen molar-refractivity contribution >= 4 is 28.7 Å². The van der Waals surface area contributed by atoms with Gasteiger partial charge >= 0.3 is 0 Å². The summed E-state index contributed by atoms with van der Waals surface area (Å²) >= 11 is 5.41. The van der Waals surface area contributed by atoms with Gasteiger partial charge in [-0.3, -0.25) is 10.3 Å². The Morgan fingerprint density at radius 3 is 2.96 bits per heavy atom. The van der Waals surface area contributed by atoms with Crippen LogP contribution in [0, 0.1) is 5.82 Å². The molecule has 1 aromatic heterocycles. The molecule has 0 aliphatic carbocycles. The van der Waals surface area contributed by atoms with Gasteiger partial charge in [0.2, 0.25) is 0 Å². The molecule has 1 fully saturated rings. The highest BCUT2D eigenvalue weighted by Gasteiger charge is 2.20. The molecular formula is C15H21FN6OS. The van der Waals surface area contributed by atoms with Gasteiger partial charge in [-0.05, 0) is 12.2 Å². The standard InChI is InChI=1S/C15H21FN6OS/c16-11-9-13-14(18-10-11)12(1-2-17-13)19-20-15(24)22-5-3-21(4-6-22)7-8-23/h9-10,17,23H,1-8H2,(H,20,24)/b19-12-. The number of fused-ring (bicyclic) bond motifs is 1. The van der Waals surface area contributed by atoms with Crippen LogP contribution < -0.4 is 10.7 Å². The zero-order valence-electron chi connectivity index (χ0n) is 13.3. The molecule has 0 atom stereocenters. The van der Waals surface area contributed by atoms with E-state index in [1.54, 1.807) is 0 Å². The van der Waals surface area contributed by atoms with Crippen LogP contribution in [-0.2, 0) is 0 Å². The molecule has 130 valence electrons. The van der Waals surface area contributed by atoms with E-state index in [1.165, 1.54) is 12.3 Å². The van der Waals surface area contributed by atoms with E-state index < -0.39 is 0 Å². The van der Waals surface area contributed by atoms with Gasteiger partial charge in [-0.25, -0.2) is 9.37 Å². The number of halogens is 1. The second kappa shape index (κ2) is 7.82. The van der Waals surface area contributed by atoms with Crippen molar-refractivity contribution in [1.29, 1.82) is 0 Å². The van der Waals surface area contributed by atoms with Crippen molar-refractivity contribution in [3.63, 3.8) is 0 Å². The molecule has 2 aliphatic heterocycles. The third kappa shape index (κ3) is 3.97. The molecule has 0 radical (unpaired) electrons. The number of nitrogens with one attached hydrogen (secondary N) is 2. The molecule has 0 amide bonds. The summed E-state index contributed by atoms with van der Waals surface area (Å²) in [4.78, 5) is 8.39. The molecule has 7 nitrogen and oxygen atoms in total. The van der Waals surface area contributed by atoms with Gasteiger partial charge in [-0.2, -0.15) is 5.10 Å². The molecule has 0 unspecified atom stereocenters. The number of piperazine rings is 1. The highest BCUT2D eigenvalue weighted by molar-refractivity contribution is 7.80. The summed E-state index contributed by atoms with van der Waals surface area (Å²) < 4.78 is 13.3. The van der Waals surface area contributed by atoms with Crippen LogP contribution in [0.15, 0.2) is 17.4 Å². The van der Waals surface area contributed by atoms with E-state index in [-0.39, 0.29) is 12.4 Å². The lowest BCUT2D eigenvalue weighted by molar-refractivity contribution is 0.146. The van der Waals surface area contributed by atoms with Crippen LogP contribution in [0.4, 0.5) is 10.1 Å². The Labute approximate surface area is 145 Å². The first kappa shape index (κ1) is 17.0. The Kier molecular flexibility index (Phi) is 5.54. The molecule has 1 aromatic rings. The van der Waals surface area contributed by atoms with Gasteiger partial charge in [0.25, 0.3) is 0 Å². The zero-order valence-corrected chi connectivity index (χ0v) is 14.2. The van der Waals surface area contributed by atoms with Crippen molar-refractivity contribution in [2.45, 2.75) is 6.42 Å². The lowest BCUT2D eigenvalue weighted by Crippen LogP contribution is -2.51. The third-order valence-corrected chi connectivity index (χ3v) is 4.52. The number of β-amino-alcohol motifs (C(OH)–C–C–N with tert-alkyl or cyclic N) is 1. The number of nitrogens with zero attached hydrogens (tertiary/aromatic N) is 4. The van der Waals surface area contributed by atoms with Crippen molar-refractivity contribution in [2.24, 2.45) is 5.10 Å². The number of hydrogen-bond acceptors (Lipinski definition) is 6. The van der Waals surface area contributed by atoms with Crippen molar-refractivity contribution in [3.8, 4) is 0 Å². The lowest BCUT2D eigenvalue weighted by atomic mass is 10.1. The van der Waals surface area contributed by atoms with Gasteiger partial charge in [0.1, 0.15) is 11.5 Å². The molecular weight excluding hydrogens is 331 g/mol. The summed E-state index contributed by atoms with van der Waals surface area (Å²) in [5, 5.41) is 17.1. The first-order valence-corrected chi connectivity index (χ1v) is 8.42. The molecule has 0 spiro atoms.